The number of nitrogens with one attached hydrogen (secondary N) is 1. The van der Waals surface area contributed by atoms with Crippen LogP contribution < -0.4 is 5.56 Å². The molecule has 3 rings (SSSR count). The van der Waals surface area contributed by atoms with Crippen LogP contribution in [0.15, 0.2) is 40.8 Å². The van der Waals surface area contributed by atoms with Crippen LogP contribution in [-0.2, 0) is 5.75 Å². The van der Waals surface area contributed by atoms with E-state index in [1.54, 1.807) is 31.2 Å². The number of hydrogen-bond donors (Lipinski definition) is 3. The summed E-state index contributed by atoms with van der Waals surface area (Å²) < 4.78 is 0. The average Bonchev–Trinajstić information content (AvgIpc) is 2.99. The first kappa shape index (κ1) is 20.7. The molecule has 0 radical (unpaired) electrons. The zero-order valence-electron chi connectivity index (χ0n) is 15.2. The van der Waals surface area contributed by atoms with Crippen LogP contribution in [0.1, 0.15) is 40.2 Å². The molecule has 0 aliphatic rings. The highest BCUT2D eigenvalue weighted by molar-refractivity contribution is 7.98. The van der Waals surface area contributed by atoms with Gasteiger partial charge < -0.3 is 15.2 Å². The molecule has 0 saturated carbocycles. The minimum atomic E-state index is -0.968. The van der Waals surface area contributed by atoms with Crippen molar-refractivity contribution in [2.45, 2.75) is 31.7 Å². The molecule has 8 heteroatoms. The van der Waals surface area contributed by atoms with Crippen molar-refractivity contribution in [1.82, 2.24) is 9.97 Å². The van der Waals surface area contributed by atoms with Crippen LogP contribution in [-0.4, -0.2) is 26.2 Å². The molecule has 0 saturated heterocycles. The number of nitrogens with zero attached hydrogens (tertiary/aromatic N) is 1. The Balaban J connectivity index is 0.00000126. The number of H-pyrrole nitrogens is 1. The fourth-order valence-electron chi connectivity index (χ4n) is 2.36. The Bertz CT molecular complexity index is 1040. The van der Waals surface area contributed by atoms with Gasteiger partial charge in [0.25, 0.3) is 5.56 Å². The molecule has 0 bridgehead atoms. The van der Waals surface area contributed by atoms with E-state index in [2.05, 4.69) is 16.5 Å². The van der Waals surface area contributed by atoms with Crippen molar-refractivity contribution in [3.63, 3.8) is 0 Å². The molecule has 142 valence electrons. The molecule has 27 heavy (non-hydrogen) atoms. The number of aliphatic hydroxyl groups is 1. The molecule has 6 nitrogen and oxygen atoms in total. The summed E-state index contributed by atoms with van der Waals surface area (Å²) in [5.41, 5.74) is 1.56. The van der Waals surface area contributed by atoms with Gasteiger partial charge in [0.1, 0.15) is 10.6 Å². The van der Waals surface area contributed by atoms with Gasteiger partial charge in [-0.2, -0.15) is 0 Å². The van der Waals surface area contributed by atoms with Crippen LogP contribution in [0.2, 0.25) is 0 Å². The fourth-order valence-corrected chi connectivity index (χ4v) is 4.29. The third-order valence-corrected chi connectivity index (χ3v) is 5.80. The summed E-state index contributed by atoms with van der Waals surface area (Å²) in [7, 11) is 0. The maximum Gasteiger partial charge on any atom is 0.335 e. The number of carboxylic acids is 1. The number of thioether (sulfide) groups is 1. The Kier molecular flexibility index (Phi) is 6.81. The number of aromatic amines is 1. The van der Waals surface area contributed by atoms with E-state index in [9.17, 15) is 14.7 Å². The van der Waals surface area contributed by atoms with Gasteiger partial charge in [-0.3, -0.25) is 4.79 Å². The van der Waals surface area contributed by atoms with E-state index in [1.165, 1.54) is 23.1 Å². The topological polar surface area (TPSA) is 103 Å². The van der Waals surface area contributed by atoms with Gasteiger partial charge in [-0.15, -0.1) is 11.3 Å². The van der Waals surface area contributed by atoms with E-state index < -0.39 is 5.97 Å². The number of thiophene rings is 1. The second-order valence-corrected chi connectivity index (χ2v) is 7.31. The lowest BCUT2D eigenvalue weighted by Crippen LogP contribution is -2.08. The van der Waals surface area contributed by atoms with Crippen molar-refractivity contribution in [3.05, 3.63) is 62.8 Å². The largest absolute Gasteiger partial charge is 0.507 e. The molecule has 1 aromatic carbocycles. The first-order chi connectivity index (χ1) is 12.9. The van der Waals surface area contributed by atoms with E-state index in [-0.39, 0.29) is 16.9 Å². The Morgan fingerprint density at radius 2 is 1.89 bits per heavy atom. The standard InChI is InChI=1S/C17H14N2O4S2.C2H6/c1-8-12-14(21)18-17(19-15(12)25-13(8)9(2)20)24-7-10-3-5-11(6-4-10)16(22)23;1-2/h3-6,20H,2,7H2,1H3,(H,22,23)(H,18,19,21);1-2H3. The Labute approximate surface area is 164 Å². The molecule has 3 aromatic rings. The van der Waals surface area contributed by atoms with Crippen molar-refractivity contribution >= 4 is 45.0 Å². The van der Waals surface area contributed by atoms with Crippen LogP contribution in [0.25, 0.3) is 16.0 Å². The Morgan fingerprint density at radius 3 is 2.44 bits per heavy atom. The summed E-state index contributed by atoms with van der Waals surface area (Å²) >= 11 is 2.58. The maximum absolute atomic E-state index is 12.3. The van der Waals surface area contributed by atoms with Crippen LogP contribution in [0, 0.1) is 6.92 Å². The van der Waals surface area contributed by atoms with Crippen molar-refractivity contribution in [2.75, 3.05) is 0 Å². The number of aromatic carboxylic acids is 1. The van der Waals surface area contributed by atoms with Crippen LogP contribution >= 0.6 is 23.1 Å². The molecule has 0 spiro atoms. The third-order valence-electron chi connectivity index (χ3n) is 3.62. The molecule has 0 unspecified atom stereocenters. The highest BCUT2D eigenvalue weighted by atomic mass is 32.2. The molecule has 2 aromatic heterocycles. The lowest BCUT2D eigenvalue weighted by atomic mass is 10.1. The van der Waals surface area contributed by atoms with E-state index in [0.717, 1.165) is 5.56 Å². The minimum Gasteiger partial charge on any atom is -0.507 e. The Morgan fingerprint density at radius 1 is 1.26 bits per heavy atom. The van der Waals surface area contributed by atoms with E-state index in [0.29, 0.717) is 31.6 Å². The van der Waals surface area contributed by atoms with Gasteiger partial charge in [0, 0.05) is 5.75 Å². The van der Waals surface area contributed by atoms with E-state index >= 15 is 0 Å². The number of aryl methyl sites for hydroxylation is 1. The molecule has 3 N–H and O–H groups in total. The monoisotopic (exact) mass is 404 g/mol. The smallest absolute Gasteiger partial charge is 0.335 e. The number of carboxylic acid groups (broad SMARTS) is 1. The quantitative estimate of drug-likeness (QED) is 0.319. The number of fused-ring (bicyclic) bond motifs is 1. The average molecular weight is 405 g/mol. The fraction of sp³-hybridized carbons (Fsp3) is 0.211. The number of hydrogen-bond acceptors (Lipinski definition) is 6. The first-order valence-corrected chi connectivity index (χ1v) is 10.0. The molecule has 0 aliphatic heterocycles. The molecule has 0 fully saturated rings. The second-order valence-electron chi connectivity index (χ2n) is 5.34. The first-order valence-electron chi connectivity index (χ1n) is 8.23. The predicted octanol–water partition coefficient (Wildman–Crippen LogP) is 4.84. The zero-order chi connectivity index (χ0) is 20.1. The molecule has 0 amide bonds. The third kappa shape index (κ3) is 4.58. The van der Waals surface area contributed by atoms with Crippen LogP contribution in [0.3, 0.4) is 0 Å². The molecular formula is C19H20N2O4S2. The highest BCUT2D eigenvalue weighted by Gasteiger charge is 2.16. The summed E-state index contributed by atoms with van der Waals surface area (Å²) in [6.45, 7) is 9.26. The van der Waals surface area contributed by atoms with Crippen molar-refractivity contribution < 1.29 is 15.0 Å². The molecule has 0 aliphatic carbocycles. The van der Waals surface area contributed by atoms with Gasteiger partial charge in [-0.25, -0.2) is 9.78 Å². The number of benzene rings is 1. The lowest BCUT2D eigenvalue weighted by Gasteiger charge is -2.02. The number of aromatic nitrogens is 2. The van der Waals surface area contributed by atoms with Crippen LogP contribution in [0.4, 0.5) is 0 Å². The SMILES string of the molecule is C=C(O)c1sc2nc(SCc3ccc(C(=O)O)cc3)[nH]c(=O)c2c1C.CC. The number of rotatable bonds is 5. The zero-order valence-corrected chi connectivity index (χ0v) is 16.8. The molecular weight excluding hydrogens is 384 g/mol. The van der Waals surface area contributed by atoms with Crippen molar-refractivity contribution in [3.8, 4) is 0 Å². The van der Waals surface area contributed by atoms with Crippen molar-refractivity contribution in [1.29, 1.82) is 0 Å². The summed E-state index contributed by atoms with van der Waals surface area (Å²) in [4.78, 5) is 31.4. The molecule has 0 atom stereocenters. The van der Waals surface area contributed by atoms with Gasteiger partial charge in [0.15, 0.2) is 5.16 Å². The molecule has 2 heterocycles. The minimum absolute atomic E-state index is 0.0763. The Hall–Kier alpha value is -2.58. The normalized spacial score (nSPS) is 10.3. The highest BCUT2D eigenvalue weighted by Crippen LogP contribution is 2.31. The summed E-state index contributed by atoms with van der Waals surface area (Å²) in [6, 6.07) is 6.55. The van der Waals surface area contributed by atoms with Crippen molar-refractivity contribution in [2.24, 2.45) is 0 Å². The van der Waals surface area contributed by atoms with Gasteiger partial charge >= 0.3 is 5.97 Å². The summed E-state index contributed by atoms with van der Waals surface area (Å²) in [5.74, 6) is -0.504. The summed E-state index contributed by atoms with van der Waals surface area (Å²) in [6.07, 6.45) is 0. The summed E-state index contributed by atoms with van der Waals surface area (Å²) in [5, 5.41) is 19.4. The van der Waals surface area contributed by atoms with Gasteiger partial charge in [-0.05, 0) is 30.2 Å². The van der Waals surface area contributed by atoms with Crippen LogP contribution in [0.5, 0.6) is 0 Å². The van der Waals surface area contributed by atoms with Gasteiger partial charge in [-0.1, -0.05) is 44.3 Å². The van der Waals surface area contributed by atoms with Gasteiger partial charge in [0.2, 0.25) is 0 Å². The maximum atomic E-state index is 12.3. The second kappa shape index (κ2) is 8.88. The van der Waals surface area contributed by atoms with Gasteiger partial charge in [0.05, 0.1) is 15.8 Å². The lowest BCUT2D eigenvalue weighted by molar-refractivity contribution is 0.0697. The van der Waals surface area contributed by atoms with E-state index in [4.69, 9.17) is 5.11 Å². The number of aliphatic hydroxyl groups excluding tert-OH is 1. The predicted molar refractivity (Wildman–Crippen MR) is 111 cm³/mol. The van der Waals surface area contributed by atoms with E-state index in [1.807, 2.05) is 13.8 Å². The number of carbonyl (C=O) groups is 1.